The minimum absolute atomic E-state index is 0.00463. The van der Waals surface area contributed by atoms with Crippen molar-refractivity contribution in [3.8, 4) is 0 Å². The SMILES string of the molecule is Cc1c[nH]c(=O)c([N+](=O)[O-])c1.Cc1cnc(Br)c([N+](=O)[O-])c1.O=P(Br)(Br)Br. The summed E-state index contributed by atoms with van der Waals surface area (Å²) in [6.07, 6.45) is 2.99. The van der Waals surface area contributed by atoms with Gasteiger partial charge in [-0.05, 0) is 40.9 Å². The van der Waals surface area contributed by atoms with Crippen LogP contribution in [0.1, 0.15) is 11.1 Å². The molecule has 1 N–H and O–H groups in total. The fourth-order valence-corrected chi connectivity index (χ4v) is 1.74. The van der Waals surface area contributed by atoms with Crippen molar-refractivity contribution >= 4 is 77.0 Å². The van der Waals surface area contributed by atoms with Crippen LogP contribution < -0.4 is 5.56 Å². The molecule has 0 aliphatic heterocycles. The van der Waals surface area contributed by atoms with E-state index in [1.807, 2.05) is 0 Å². The van der Waals surface area contributed by atoms with Gasteiger partial charge in [0.1, 0.15) is 0 Å². The molecule has 0 fully saturated rings. The number of aromatic nitrogens is 2. The van der Waals surface area contributed by atoms with Gasteiger partial charge in [0.15, 0.2) is 4.60 Å². The van der Waals surface area contributed by atoms with Crippen LogP contribution in [0.5, 0.6) is 0 Å². The normalized spacial score (nSPS) is 10.0. The van der Waals surface area contributed by atoms with Crippen molar-refractivity contribution in [3.63, 3.8) is 0 Å². The predicted octanol–water partition coefficient (Wildman–Crippen LogP) is 5.93. The van der Waals surface area contributed by atoms with E-state index in [1.54, 1.807) is 20.0 Å². The third kappa shape index (κ3) is 12.2. The molecule has 0 aromatic carbocycles. The molecule has 0 atom stereocenters. The van der Waals surface area contributed by atoms with Crippen molar-refractivity contribution in [2.75, 3.05) is 0 Å². The zero-order valence-electron chi connectivity index (χ0n) is 13.6. The summed E-state index contributed by atoms with van der Waals surface area (Å²) in [4.78, 5) is 36.0. The molecule has 148 valence electrons. The van der Waals surface area contributed by atoms with Gasteiger partial charge in [-0.25, -0.2) is 4.98 Å². The first-order valence-electron chi connectivity index (χ1n) is 6.51. The van der Waals surface area contributed by atoms with Gasteiger partial charge in [-0.2, -0.15) is 0 Å². The van der Waals surface area contributed by atoms with Gasteiger partial charge in [0.2, 0.25) is 0 Å². The largest absolute Gasteiger partial charge is 0.334 e. The molecule has 0 bridgehead atoms. The van der Waals surface area contributed by atoms with Gasteiger partial charge in [-0.3, -0.25) is 29.6 Å². The number of aryl methyl sites for hydroxylation is 2. The van der Waals surface area contributed by atoms with Crippen LogP contribution in [-0.2, 0) is 4.57 Å². The number of halogens is 4. The number of nitro groups is 2. The lowest BCUT2D eigenvalue weighted by atomic mass is 10.3. The summed E-state index contributed by atoms with van der Waals surface area (Å²) in [5.41, 5.74) is 0.367. The summed E-state index contributed by atoms with van der Waals surface area (Å²) >= 11 is 11.3. The first-order chi connectivity index (χ1) is 12.2. The summed E-state index contributed by atoms with van der Waals surface area (Å²) in [5.74, 6) is 0. The average Bonchev–Trinajstić information content (AvgIpc) is 2.50. The Labute approximate surface area is 185 Å². The summed E-state index contributed by atoms with van der Waals surface area (Å²) in [7, 11) is 0. The van der Waals surface area contributed by atoms with Crippen LogP contribution in [0.25, 0.3) is 0 Å². The van der Waals surface area contributed by atoms with Gasteiger partial charge in [-0.15, -0.1) is 0 Å². The summed E-state index contributed by atoms with van der Waals surface area (Å²) in [6, 6.07) is 2.70. The third-order valence-electron chi connectivity index (χ3n) is 2.38. The minimum Gasteiger partial charge on any atom is -0.323 e. The van der Waals surface area contributed by atoms with Gasteiger partial charge in [0.25, 0.3) is 3.25 Å². The topological polar surface area (TPSA) is 149 Å². The van der Waals surface area contributed by atoms with Crippen LogP contribution in [0.4, 0.5) is 11.4 Å². The number of nitrogens with zero attached hydrogens (tertiary/aromatic N) is 3. The smallest absolute Gasteiger partial charge is 0.323 e. The first kappa shape index (κ1) is 26.1. The maximum atomic E-state index is 10.7. The Morgan fingerprint density at radius 1 is 1.04 bits per heavy atom. The van der Waals surface area contributed by atoms with E-state index in [9.17, 15) is 29.6 Å². The van der Waals surface area contributed by atoms with Gasteiger partial charge in [-0.1, -0.05) is 0 Å². The second-order valence-corrected chi connectivity index (χ2v) is 23.7. The Balaban J connectivity index is 0.000000405. The number of pyridine rings is 2. The Kier molecular flexibility index (Phi) is 11.4. The summed E-state index contributed by atoms with van der Waals surface area (Å²) < 4.78 is 8.04. The predicted molar refractivity (Wildman–Crippen MR) is 116 cm³/mol. The Morgan fingerprint density at radius 2 is 1.48 bits per heavy atom. The van der Waals surface area contributed by atoms with E-state index in [2.05, 4.69) is 72.4 Å². The fraction of sp³-hybridized carbons (Fsp3) is 0.167. The van der Waals surface area contributed by atoms with Crippen LogP contribution in [0.2, 0.25) is 0 Å². The molecule has 0 spiro atoms. The second kappa shape index (κ2) is 11.8. The highest BCUT2D eigenvalue weighted by Crippen LogP contribution is 2.68. The number of aromatic amines is 1. The van der Waals surface area contributed by atoms with E-state index >= 15 is 0 Å². The van der Waals surface area contributed by atoms with Crippen molar-refractivity contribution < 1.29 is 14.4 Å². The molecule has 2 heterocycles. The van der Waals surface area contributed by atoms with Crippen LogP contribution >= 0.6 is 65.6 Å². The van der Waals surface area contributed by atoms with Crippen molar-refractivity contribution in [1.29, 1.82) is 0 Å². The van der Waals surface area contributed by atoms with E-state index in [1.165, 1.54) is 18.3 Å². The van der Waals surface area contributed by atoms with Crippen molar-refractivity contribution in [2.24, 2.45) is 0 Å². The lowest BCUT2D eigenvalue weighted by molar-refractivity contribution is -0.386. The molecule has 15 heteroatoms. The van der Waals surface area contributed by atoms with E-state index in [0.717, 1.165) is 5.56 Å². The highest BCUT2D eigenvalue weighted by molar-refractivity contribution is 9.94. The van der Waals surface area contributed by atoms with Crippen LogP contribution in [0.15, 0.2) is 33.9 Å². The monoisotopic (exact) mass is 654 g/mol. The summed E-state index contributed by atoms with van der Waals surface area (Å²) in [5, 5.41) is 20.5. The Morgan fingerprint density at radius 3 is 1.85 bits per heavy atom. The van der Waals surface area contributed by atoms with E-state index in [-0.39, 0.29) is 10.3 Å². The molecule has 2 aromatic rings. The third-order valence-corrected chi connectivity index (χ3v) is 2.99. The van der Waals surface area contributed by atoms with Gasteiger partial charge in [0.05, 0.1) is 9.85 Å². The zero-order chi connectivity index (χ0) is 21.4. The molecule has 0 radical (unpaired) electrons. The van der Waals surface area contributed by atoms with Gasteiger partial charge in [0, 0.05) is 71.0 Å². The number of nitrogens with one attached hydrogen (secondary N) is 1. The lowest BCUT2D eigenvalue weighted by Crippen LogP contribution is -2.10. The highest BCUT2D eigenvalue weighted by Gasteiger charge is 2.12. The maximum absolute atomic E-state index is 10.7. The average molecular weight is 658 g/mol. The van der Waals surface area contributed by atoms with Crippen molar-refractivity contribution in [1.82, 2.24) is 9.97 Å². The summed E-state index contributed by atoms with van der Waals surface area (Å²) in [6.45, 7) is 3.43. The first-order valence-corrected chi connectivity index (χ1v) is 15.1. The van der Waals surface area contributed by atoms with E-state index in [0.29, 0.717) is 5.56 Å². The molecule has 2 rings (SSSR count). The van der Waals surface area contributed by atoms with Crippen LogP contribution in [0.3, 0.4) is 0 Å². The standard InChI is InChI=1S/C6H5BrN2O2.C6H6N2O3.Br3OP/c1-4-2-5(9(10)11)6(7)8-3-4;1-4-2-5(8(10)11)6(9)7-3-4;1-5(2,3)4/h2-3H,1H3;2-3H,1H3,(H,7,9);. The van der Waals surface area contributed by atoms with Crippen LogP contribution in [-0.4, -0.2) is 19.8 Å². The van der Waals surface area contributed by atoms with Crippen molar-refractivity contribution in [2.45, 2.75) is 13.8 Å². The Bertz CT molecular complexity index is 924. The second-order valence-electron chi connectivity index (χ2n) is 4.63. The molecule has 0 unspecified atom stereocenters. The molecule has 0 amide bonds. The van der Waals surface area contributed by atoms with Crippen LogP contribution in [0, 0.1) is 34.1 Å². The number of H-pyrrole nitrogens is 1. The minimum atomic E-state index is -2.20. The molecule has 27 heavy (non-hydrogen) atoms. The quantitative estimate of drug-likeness (QED) is 0.182. The maximum Gasteiger partial charge on any atom is 0.334 e. The molecular weight excluding hydrogens is 647 g/mol. The van der Waals surface area contributed by atoms with Gasteiger partial charge >= 0.3 is 16.9 Å². The fourth-order valence-electron chi connectivity index (χ4n) is 1.38. The highest BCUT2D eigenvalue weighted by atomic mass is 80.0. The number of rotatable bonds is 2. The van der Waals surface area contributed by atoms with Gasteiger partial charge < -0.3 is 4.98 Å². The van der Waals surface area contributed by atoms with Crippen molar-refractivity contribution in [3.05, 3.63) is 70.8 Å². The Hall–Kier alpha value is -0.950. The molecular formula is C12H11Br4N4O6P. The lowest BCUT2D eigenvalue weighted by Gasteiger charge is -1.94. The van der Waals surface area contributed by atoms with E-state index in [4.69, 9.17) is 0 Å². The molecule has 10 nitrogen and oxygen atoms in total. The molecule has 0 saturated heterocycles. The number of hydrogen-bond acceptors (Lipinski definition) is 7. The number of hydrogen-bond donors (Lipinski definition) is 1. The molecule has 2 aromatic heterocycles. The zero-order valence-corrected chi connectivity index (χ0v) is 20.8. The van der Waals surface area contributed by atoms with E-state index < -0.39 is 24.3 Å². The molecule has 0 saturated carbocycles. The molecule has 0 aliphatic carbocycles. The molecule has 0 aliphatic rings.